The third kappa shape index (κ3) is 8.65. The number of anilines is 1. The lowest BCUT2D eigenvalue weighted by Crippen LogP contribution is -2.52. The van der Waals surface area contributed by atoms with Crippen LogP contribution in [0, 0.1) is 0 Å². The Hall–Kier alpha value is -2.58. The van der Waals surface area contributed by atoms with Gasteiger partial charge in [-0.05, 0) is 63.9 Å². The monoisotopic (exact) mass is 507 g/mol. The molecule has 0 saturated heterocycles. The standard InChI is InChI=1S/C25H34ClN3O4S/c1-19(24(31)27-25(2,3)4)28(18-20-11-9-12-21(26)17-20)23(30)15-10-16-29(34(5,32)33)22-13-7-6-8-14-22/h6-9,11-14,17,19H,10,15-16,18H2,1-5H3,(H,27,31)/t19-/m0/s1. The lowest BCUT2D eigenvalue weighted by Gasteiger charge is -2.32. The van der Waals surface area contributed by atoms with Crippen molar-refractivity contribution < 1.29 is 18.0 Å². The number of hydrogen-bond donors (Lipinski definition) is 1. The lowest BCUT2D eigenvalue weighted by molar-refractivity contribution is -0.141. The van der Waals surface area contributed by atoms with E-state index in [1.54, 1.807) is 49.4 Å². The number of halogens is 1. The summed E-state index contributed by atoms with van der Waals surface area (Å²) in [5.74, 6) is -0.497. The highest BCUT2D eigenvalue weighted by atomic mass is 35.5. The van der Waals surface area contributed by atoms with E-state index < -0.39 is 21.6 Å². The first-order valence-corrected chi connectivity index (χ1v) is 13.4. The molecular weight excluding hydrogens is 474 g/mol. The number of rotatable bonds is 10. The SMILES string of the molecule is C[C@@H](C(=O)NC(C)(C)C)N(Cc1cccc(Cl)c1)C(=O)CCCN(c1ccccc1)S(C)(=O)=O. The maximum atomic E-state index is 13.3. The van der Waals surface area contributed by atoms with Crippen LogP contribution in [0.3, 0.4) is 0 Å². The number of benzene rings is 2. The maximum absolute atomic E-state index is 13.3. The quantitative estimate of drug-likeness (QED) is 0.521. The van der Waals surface area contributed by atoms with E-state index >= 15 is 0 Å². The number of para-hydroxylation sites is 1. The molecule has 0 spiro atoms. The van der Waals surface area contributed by atoms with E-state index in [4.69, 9.17) is 11.6 Å². The van der Waals surface area contributed by atoms with Crippen LogP contribution >= 0.6 is 11.6 Å². The molecule has 2 rings (SSSR count). The first-order chi connectivity index (χ1) is 15.8. The summed E-state index contributed by atoms with van der Waals surface area (Å²) in [5, 5.41) is 3.47. The van der Waals surface area contributed by atoms with E-state index in [1.165, 1.54) is 9.21 Å². The summed E-state index contributed by atoms with van der Waals surface area (Å²) in [5.41, 5.74) is 0.909. The molecule has 186 valence electrons. The van der Waals surface area contributed by atoms with Crippen LogP contribution in [0.5, 0.6) is 0 Å². The van der Waals surface area contributed by atoms with E-state index in [0.717, 1.165) is 11.8 Å². The number of nitrogens with one attached hydrogen (secondary N) is 1. The second-order valence-corrected chi connectivity index (χ2v) is 11.7. The van der Waals surface area contributed by atoms with Crippen molar-refractivity contribution in [1.82, 2.24) is 10.2 Å². The minimum Gasteiger partial charge on any atom is -0.350 e. The van der Waals surface area contributed by atoms with Gasteiger partial charge < -0.3 is 10.2 Å². The maximum Gasteiger partial charge on any atom is 0.242 e. The van der Waals surface area contributed by atoms with Gasteiger partial charge in [0.1, 0.15) is 6.04 Å². The first-order valence-electron chi connectivity index (χ1n) is 11.2. The third-order valence-corrected chi connectivity index (χ3v) is 6.53. The Labute approximate surface area is 208 Å². The van der Waals surface area contributed by atoms with Crippen LogP contribution in [-0.2, 0) is 26.2 Å². The van der Waals surface area contributed by atoms with Crippen molar-refractivity contribution >= 4 is 39.1 Å². The molecule has 0 aliphatic heterocycles. The summed E-state index contributed by atoms with van der Waals surface area (Å²) in [7, 11) is -3.51. The lowest BCUT2D eigenvalue weighted by atomic mass is 10.1. The van der Waals surface area contributed by atoms with Gasteiger partial charge in [0.25, 0.3) is 0 Å². The molecular formula is C25H34ClN3O4S. The molecule has 2 aromatic carbocycles. The number of hydrogen-bond acceptors (Lipinski definition) is 4. The van der Waals surface area contributed by atoms with E-state index in [-0.39, 0.29) is 31.3 Å². The molecule has 34 heavy (non-hydrogen) atoms. The molecule has 0 heterocycles. The second kappa shape index (κ2) is 11.7. The molecule has 9 heteroatoms. The van der Waals surface area contributed by atoms with Gasteiger partial charge in [-0.15, -0.1) is 0 Å². The molecule has 0 aromatic heterocycles. The molecule has 2 amide bonds. The molecule has 0 radical (unpaired) electrons. The largest absolute Gasteiger partial charge is 0.350 e. The fraction of sp³-hybridized carbons (Fsp3) is 0.440. The Balaban J connectivity index is 2.17. The normalized spacial score (nSPS) is 12.6. The highest BCUT2D eigenvalue weighted by Gasteiger charge is 2.28. The van der Waals surface area contributed by atoms with Crippen LogP contribution in [0.1, 0.15) is 46.1 Å². The van der Waals surface area contributed by atoms with Gasteiger partial charge in [0, 0.05) is 30.1 Å². The summed E-state index contributed by atoms with van der Waals surface area (Å²) in [6.45, 7) is 7.70. The van der Waals surface area contributed by atoms with Crippen LogP contribution in [-0.4, -0.2) is 49.5 Å². The molecule has 1 atom stereocenters. The molecule has 0 aliphatic carbocycles. The number of amides is 2. The number of nitrogens with zero attached hydrogens (tertiary/aromatic N) is 2. The van der Waals surface area contributed by atoms with Crippen molar-refractivity contribution in [3.8, 4) is 0 Å². The van der Waals surface area contributed by atoms with Gasteiger partial charge >= 0.3 is 0 Å². The van der Waals surface area contributed by atoms with Crippen molar-refractivity contribution in [3.05, 3.63) is 65.2 Å². The molecule has 0 bridgehead atoms. The Morgan fingerprint density at radius 1 is 1.06 bits per heavy atom. The number of sulfonamides is 1. The Morgan fingerprint density at radius 3 is 2.26 bits per heavy atom. The van der Waals surface area contributed by atoms with Gasteiger partial charge in [0.2, 0.25) is 21.8 Å². The third-order valence-electron chi connectivity index (χ3n) is 5.10. The minimum atomic E-state index is -3.51. The van der Waals surface area contributed by atoms with Crippen molar-refractivity contribution in [3.63, 3.8) is 0 Å². The average Bonchev–Trinajstić information content (AvgIpc) is 2.73. The number of carbonyl (C=O) groups is 2. The minimum absolute atomic E-state index is 0.0898. The van der Waals surface area contributed by atoms with E-state index in [2.05, 4.69) is 5.32 Å². The average molecular weight is 508 g/mol. The van der Waals surface area contributed by atoms with E-state index in [9.17, 15) is 18.0 Å². The zero-order chi connectivity index (χ0) is 25.5. The van der Waals surface area contributed by atoms with Gasteiger partial charge in [-0.1, -0.05) is 41.9 Å². The molecule has 0 fully saturated rings. The van der Waals surface area contributed by atoms with Gasteiger partial charge in [0.05, 0.1) is 11.9 Å². The zero-order valence-electron chi connectivity index (χ0n) is 20.4. The van der Waals surface area contributed by atoms with Crippen LogP contribution in [0.4, 0.5) is 5.69 Å². The number of carbonyl (C=O) groups excluding carboxylic acids is 2. The van der Waals surface area contributed by atoms with E-state index in [0.29, 0.717) is 17.1 Å². The predicted octanol–water partition coefficient (Wildman–Crippen LogP) is 4.22. The second-order valence-electron chi connectivity index (χ2n) is 9.34. The Morgan fingerprint density at radius 2 is 1.71 bits per heavy atom. The highest BCUT2D eigenvalue weighted by molar-refractivity contribution is 7.92. The van der Waals surface area contributed by atoms with Crippen molar-refractivity contribution in [2.45, 2.75) is 58.7 Å². The van der Waals surface area contributed by atoms with Gasteiger partial charge in [-0.2, -0.15) is 0 Å². The van der Waals surface area contributed by atoms with Crippen molar-refractivity contribution in [2.24, 2.45) is 0 Å². The van der Waals surface area contributed by atoms with Crippen molar-refractivity contribution in [1.29, 1.82) is 0 Å². The van der Waals surface area contributed by atoms with Gasteiger partial charge in [0.15, 0.2) is 0 Å². The van der Waals surface area contributed by atoms with Crippen molar-refractivity contribution in [2.75, 3.05) is 17.1 Å². The van der Waals surface area contributed by atoms with Crippen LogP contribution < -0.4 is 9.62 Å². The molecule has 7 nitrogen and oxygen atoms in total. The van der Waals surface area contributed by atoms with E-state index in [1.807, 2.05) is 32.9 Å². The predicted molar refractivity (Wildman–Crippen MR) is 137 cm³/mol. The highest BCUT2D eigenvalue weighted by Crippen LogP contribution is 2.19. The molecule has 0 aliphatic rings. The molecule has 0 saturated carbocycles. The van der Waals surface area contributed by atoms with Crippen LogP contribution in [0.2, 0.25) is 5.02 Å². The topological polar surface area (TPSA) is 86.8 Å². The van der Waals surface area contributed by atoms with Gasteiger partial charge in [-0.3, -0.25) is 13.9 Å². The smallest absolute Gasteiger partial charge is 0.242 e. The summed E-state index contributed by atoms with van der Waals surface area (Å²) in [4.78, 5) is 27.6. The Bertz CT molecular complexity index is 1080. The van der Waals surface area contributed by atoms with Crippen LogP contribution in [0.25, 0.3) is 0 Å². The molecule has 1 N–H and O–H groups in total. The Kier molecular flexibility index (Phi) is 9.53. The summed E-state index contributed by atoms with van der Waals surface area (Å²) in [6, 6.07) is 15.2. The summed E-state index contributed by atoms with van der Waals surface area (Å²) < 4.78 is 25.9. The fourth-order valence-corrected chi connectivity index (χ4v) is 4.67. The van der Waals surface area contributed by atoms with Crippen LogP contribution in [0.15, 0.2) is 54.6 Å². The summed E-state index contributed by atoms with van der Waals surface area (Å²) >= 11 is 6.11. The summed E-state index contributed by atoms with van der Waals surface area (Å²) in [6.07, 6.45) is 1.54. The molecule has 0 unspecified atom stereocenters. The fourth-order valence-electron chi connectivity index (χ4n) is 3.49. The molecule has 2 aromatic rings. The first kappa shape index (κ1) is 27.7. The zero-order valence-corrected chi connectivity index (χ0v) is 22.0. The van der Waals surface area contributed by atoms with Gasteiger partial charge in [-0.25, -0.2) is 8.42 Å².